The number of aryl methyl sites for hydroxylation is 2. The zero-order valence-electron chi connectivity index (χ0n) is 14.4. The topological polar surface area (TPSA) is 21.6 Å². The summed E-state index contributed by atoms with van der Waals surface area (Å²) < 4.78 is 19.4. The molecule has 0 amide bonds. The van der Waals surface area contributed by atoms with Crippen molar-refractivity contribution in [1.82, 2.24) is 0 Å². The molecule has 0 spiro atoms. The van der Waals surface area contributed by atoms with Gasteiger partial charge in [-0.15, -0.1) is 0 Å². The summed E-state index contributed by atoms with van der Waals surface area (Å²) in [6.45, 7) is 4.29. The lowest BCUT2D eigenvalue weighted by molar-refractivity contribution is 0.300. The molecule has 2 nitrogen and oxygen atoms in total. The molecule has 3 aromatic rings. The molecule has 0 aliphatic carbocycles. The molecule has 0 radical (unpaired) electrons. The maximum Gasteiger partial charge on any atom is 0.129 e. The molecule has 3 aromatic carbocycles. The van der Waals surface area contributed by atoms with E-state index in [0.29, 0.717) is 11.3 Å². The summed E-state index contributed by atoms with van der Waals surface area (Å²) in [5.41, 5.74) is 4.75. The molecular formula is C22H20FNO. The van der Waals surface area contributed by atoms with Crippen molar-refractivity contribution in [3.63, 3.8) is 0 Å². The number of rotatable bonds is 5. The van der Waals surface area contributed by atoms with Crippen molar-refractivity contribution in [2.24, 2.45) is 4.99 Å². The number of nitrogens with zero attached hydrogens (tertiary/aromatic N) is 1. The van der Waals surface area contributed by atoms with E-state index in [9.17, 15) is 4.39 Å². The molecule has 0 bridgehead atoms. The molecule has 0 N–H and O–H groups in total. The van der Waals surface area contributed by atoms with Crippen molar-refractivity contribution >= 4 is 11.9 Å². The Hall–Kier alpha value is -2.94. The van der Waals surface area contributed by atoms with Crippen LogP contribution in [0, 0.1) is 19.7 Å². The Morgan fingerprint density at radius 2 is 1.80 bits per heavy atom. The summed E-state index contributed by atoms with van der Waals surface area (Å²) in [4.78, 5) is 4.57. The summed E-state index contributed by atoms with van der Waals surface area (Å²) in [6, 6.07) is 20.5. The Bertz CT molecular complexity index is 902. The first kappa shape index (κ1) is 16.9. The summed E-state index contributed by atoms with van der Waals surface area (Å²) in [5.74, 6) is 0.434. The number of aliphatic imine (C=N–C) groups is 1. The van der Waals surface area contributed by atoms with Crippen LogP contribution in [0.3, 0.4) is 0 Å². The molecule has 126 valence electrons. The zero-order chi connectivity index (χ0) is 17.6. The highest BCUT2D eigenvalue weighted by Gasteiger charge is 2.02. The Morgan fingerprint density at radius 3 is 2.64 bits per heavy atom. The van der Waals surface area contributed by atoms with E-state index in [-0.39, 0.29) is 12.4 Å². The van der Waals surface area contributed by atoms with Gasteiger partial charge in [-0.05, 0) is 54.8 Å². The number of benzene rings is 3. The highest BCUT2D eigenvalue weighted by Crippen LogP contribution is 2.21. The first-order chi connectivity index (χ1) is 12.1. The van der Waals surface area contributed by atoms with Crippen molar-refractivity contribution in [3.05, 3.63) is 94.8 Å². The van der Waals surface area contributed by atoms with E-state index >= 15 is 0 Å². The van der Waals surface area contributed by atoms with E-state index in [4.69, 9.17) is 4.74 Å². The molecule has 0 atom stereocenters. The second kappa shape index (κ2) is 7.75. The lowest BCUT2D eigenvalue weighted by atomic mass is 10.1. The lowest BCUT2D eigenvalue weighted by Crippen LogP contribution is -1.98. The van der Waals surface area contributed by atoms with E-state index in [1.54, 1.807) is 18.2 Å². The standard InChI is InChI=1S/C22H20FNO/c1-16-10-11-17(2)22(12-16)24-14-18-6-5-8-20(13-18)25-15-19-7-3-4-9-21(19)23/h3-14H,15H2,1-2H3. The van der Waals surface area contributed by atoms with Crippen LogP contribution in [0.5, 0.6) is 5.75 Å². The molecule has 0 aliphatic rings. The lowest BCUT2D eigenvalue weighted by Gasteiger charge is -2.07. The third-order valence-corrected chi connectivity index (χ3v) is 3.93. The van der Waals surface area contributed by atoms with Crippen LogP contribution >= 0.6 is 0 Å². The van der Waals surface area contributed by atoms with E-state index < -0.39 is 0 Å². The number of ether oxygens (including phenoxy) is 1. The van der Waals surface area contributed by atoms with Gasteiger partial charge in [0.15, 0.2) is 0 Å². The van der Waals surface area contributed by atoms with Gasteiger partial charge in [0.05, 0.1) is 5.69 Å². The van der Waals surface area contributed by atoms with Crippen LogP contribution in [-0.2, 0) is 6.61 Å². The van der Waals surface area contributed by atoms with Gasteiger partial charge in [-0.2, -0.15) is 0 Å². The predicted molar refractivity (Wildman–Crippen MR) is 100 cm³/mol. The van der Waals surface area contributed by atoms with Gasteiger partial charge in [0, 0.05) is 11.8 Å². The molecule has 0 aromatic heterocycles. The largest absolute Gasteiger partial charge is 0.489 e. The third-order valence-electron chi connectivity index (χ3n) is 3.93. The van der Waals surface area contributed by atoms with E-state index in [1.807, 2.05) is 37.4 Å². The smallest absolute Gasteiger partial charge is 0.129 e. The van der Waals surface area contributed by atoms with Gasteiger partial charge in [-0.25, -0.2) is 4.39 Å². The summed E-state index contributed by atoms with van der Waals surface area (Å²) in [6.07, 6.45) is 1.82. The Balaban J connectivity index is 1.72. The average Bonchev–Trinajstić information content (AvgIpc) is 2.62. The Morgan fingerprint density at radius 1 is 0.960 bits per heavy atom. The van der Waals surface area contributed by atoms with Crippen molar-refractivity contribution in [2.75, 3.05) is 0 Å². The van der Waals surface area contributed by atoms with Gasteiger partial charge >= 0.3 is 0 Å². The van der Waals surface area contributed by atoms with Crippen LogP contribution in [0.4, 0.5) is 10.1 Å². The van der Waals surface area contributed by atoms with Crippen LogP contribution in [0.1, 0.15) is 22.3 Å². The minimum Gasteiger partial charge on any atom is -0.489 e. The minimum atomic E-state index is -0.255. The molecule has 3 rings (SSSR count). The highest BCUT2D eigenvalue weighted by atomic mass is 19.1. The van der Waals surface area contributed by atoms with Crippen LogP contribution in [-0.4, -0.2) is 6.21 Å². The third kappa shape index (κ3) is 4.54. The van der Waals surface area contributed by atoms with E-state index in [1.165, 1.54) is 11.6 Å². The van der Waals surface area contributed by atoms with Gasteiger partial charge in [0.1, 0.15) is 18.2 Å². The van der Waals surface area contributed by atoms with E-state index in [2.05, 4.69) is 30.1 Å². The normalized spacial score (nSPS) is 11.0. The van der Waals surface area contributed by atoms with Crippen molar-refractivity contribution in [2.45, 2.75) is 20.5 Å². The second-order valence-corrected chi connectivity index (χ2v) is 6.00. The molecular weight excluding hydrogens is 313 g/mol. The molecule has 0 fully saturated rings. The van der Waals surface area contributed by atoms with Crippen LogP contribution < -0.4 is 4.74 Å². The molecule has 0 heterocycles. The fraction of sp³-hybridized carbons (Fsp3) is 0.136. The molecule has 0 aliphatic heterocycles. The monoisotopic (exact) mass is 333 g/mol. The average molecular weight is 333 g/mol. The van der Waals surface area contributed by atoms with Gasteiger partial charge in [-0.3, -0.25) is 4.99 Å². The number of hydrogen-bond acceptors (Lipinski definition) is 2. The first-order valence-corrected chi connectivity index (χ1v) is 8.19. The maximum absolute atomic E-state index is 13.6. The molecule has 25 heavy (non-hydrogen) atoms. The molecule has 3 heteroatoms. The highest BCUT2D eigenvalue weighted by molar-refractivity contribution is 5.82. The van der Waals surface area contributed by atoms with Crippen LogP contribution in [0.15, 0.2) is 71.7 Å². The minimum absolute atomic E-state index is 0.199. The van der Waals surface area contributed by atoms with Gasteiger partial charge in [0.2, 0.25) is 0 Å². The molecule has 0 saturated heterocycles. The van der Waals surface area contributed by atoms with Crippen molar-refractivity contribution in [3.8, 4) is 5.75 Å². The van der Waals surface area contributed by atoms with Crippen molar-refractivity contribution < 1.29 is 9.13 Å². The Kier molecular flexibility index (Phi) is 5.24. The van der Waals surface area contributed by atoms with Crippen LogP contribution in [0.25, 0.3) is 0 Å². The number of halogens is 1. The first-order valence-electron chi connectivity index (χ1n) is 8.19. The van der Waals surface area contributed by atoms with Crippen LogP contribution in [0.2, 0.25) is 0 Å². The zero-order valence-corrected chi connectivity index (χ0v) is 14.4. The molecule has 0 unspecified atom stereocenters. The maximum atomic E-state index is 13.6. The predicted octanol–water partition coefficient (Wildman–Crippen LogP) is 5.77. The van der Waals surface area contributed by atoms with Gasteiger partial charge in [0.25, 0.3) is 0 Å². The summed E-state index contributed by atoms with van der Waals surface area (Å²) in [5, 5.41) is 0. The van der Waals surface area contributed by atoms with Gasteiger partial charge in [-0.1, -0.05) is 42.5 Å². The quantitative estimate of drug-likeness (QED) is 0.543. The molecule has 0 saturated carbocycles. The number of hydrogen-bond donors (Lipinski definition) is 0. The SMILES string of the molecule is Cc1ccc(C)c(N=Cc2cccc(OCc3ccccc3F)c2)c1. The van der Waals surface area contributed by atoms with Gasteiger partial charge < -0.3 is 4.74 Å². The Labute approximate surface area is 147 Å². The fourth-order valence-corrected chi connectivity index (χ4v) is 2.46. The van der Waals surface area contributed by atoms with Crippen molar-refractivity contribution in [1.29, 1.82) is 0 Å². The summed E-state index contributed by atoms with van der Waals surface area (Å²) in [7, 11) is 0. The second-order valence-electron chi connectivity index (χ2n) is 6.00. The van der Waals surface area contributed by atoms with E-state index in [0.717, 1.165) is 16.8 Å². The fourth-order valence-electron chi connectivity index (χ4n) is 2.46. The summed E-state index contributed by atoms with van der Waals surface area (Å²) >= 11 is 0.